The van der Waals surface area contributed by atoms with Crippen LogP contribution in [0.5, 0.6) is 0 Å². The average molecular weight is 236 g/mol. The number of halogens is 3. The van der Waals surface area contributed by atoms with Gasteiger partial charge in [0.15, 0.2) is 0 Å². The van der Waals surface area contributed by atoms with Gasteiger partial charge in [-0.25, -0.2) is 8.78 Å². The molecule has 0 unspecified atom stereocenters. The highest BCUT2D eigenvalue weighted by Crippen LogP contribution is 2.25. The Morgan fingerprint density at radius 3 is 2.33 bits per heavy atom. The lowest BCUT2D eigenvalue weighted by Crippen LogP contribution is -2.19. The second kappa shape index (κ2) is 3.96. The van der Waals surface area contributed by atoms with Crippen molar-refractivity contribution in [3.63, 3.8) is 0 Å². The van der Waals surface area contributed by atoms with Gasteiger partial charge in [-0.1, -0.05) is 34.1 Å². The van der Waals surface area contributed by atoms with Crippen molar-refractivity contribution in [3.8, 4) is 0 Å². The maximum atomic E-state index is 12.1. The molecule has 1 aromatic rings. The highest BCUT2D eigenvalue weighted by Gasteiger charge is 2.18. The minimum Gasteiger partial charge on any atom is -0.319 e. The third kappa shape index (κ3) is 2.01. The first-order valence-corrected chi connectivity index (χ1v) is 4.20. The number of alkyl halides is 2. The van der Waals surface area contributed by atoms with E-state index >= 15 is 0 Å². The lowest BCUT2D eigenvalue weighted by molar-refractivity contribution is 0.116. The fraction of sp³-hybridized carbons (Fsp3) is 0.250. The lowest BCUT2D eigenvalue weighted by atomic mass is 10.1. The summed E-state index contributed by atoms with van der Waals surface area (Å²) in [6.07, 6.45) is -2.52. The fourth-order valence-electron chi connectivity index (χ4n) is 0.881. The maximum absolute atomic E-state index is 12.1. The zero-order valence-electron chi connectivity index (χ0n) is 6.18. The summed E-state index contributed by atoms with van der Waals surface area (Å²) < 4.78 is 24.9. The average Bonchev–Trinajstić information content (AvgIpc) is 2.04. The molecule has 0 heterocycles. The van der Waals surface area contributed by atoms with E-state index in [1.54, 1.807) is 24.3 Å². The zero-order chi connectivity index (χ0) is 9.14. The van der Waals surface area contributed by atoms with Crippen LogP contribution in [0.4, 0.5) is 8.78 Å². The van der Waals surface area contributed by atoms with Crippen molar-refractivity contribution in [3.05, 3.63) is 34.3 Å². The van der Waals surface area contributed by atoms with Crippen LogP contribution in [0.1, 0.15) is 11.6 Å². The molecule has 4 heteroatoms. The molecule has 0 amide bonds. The first-order chi connectivity index (χ1) is 5.63. The van der Waals surface area contributed by atoms with Gasteiger partial charge in [0.1, 0.15) is 0 Å². The predicted octanol–water partition coefficient (Wildman–Crippen LogP) is 2.71. The van der Waals surface area contributed by atoms with Crippen LogP contribution >= 0.6 is 15.9 Å². The van der Waals surface area contributed by atoms with E-state index in [9.17, 15) is 8.78 Å². The monoisotopic (exact) mass is 235 g/mol. The molecule has 1 rings (SSSR count). The molecule has 0 saturated heterocycles. The largest absolute Gasteiger partial charge is 0.319 e. The van der Waals surface area contributed by atoms with Crippen LogP contribution in [-0.2, 0) is 0 Å². The molecule has 1 nitrogen and oxygen atoms in total. The Labute approximate surface area is 77.7 Å². The van der Waals surface area contributed by atoms with Gasteiger partial charge in [0.2, 0.25) is 0 Å². The van der Waals surface area contributed by atoms with Crippen LogP contribution in [-0.4, -0.2) is 6.43 Å². The van der Waals surface area contributed by atoms with Crippen LogP contribution in [0.15, 0.2) is 28.7 Å². The maximum Gasteiger partial charge on any atom is 0.257 e. The molecule has 0 radical (unpaired) electrons. The van der Waals surface area contributed by atoms with E-state index in [1.807, 2.05) is 0 Å². The van der Waals surface area contributed by atoms with Crippen molar-refractivity contribution in [1.29, 1.82) is 0 Å². The molecule has 12 heavy (non-hydrogen) atoms. The zero-order valence-corrected chi connectivity index (χ0v) is 7.76. The van der Waals surface area contributed by atoms with E-state index in [1.165, 1.54) is 0 Å². The summed E-state index contributed by atoms with van der Waals surface area (Å²) in [7, 11) is 0. The van der Waals surface area contributed by atoms with Crippen molar-refractivity contribution in [1.82, 2.24) is 0 Å². The quantitative estimate of drug-likeness (QED) is 0.839. The molecule has 66 valence electrons. The molecule has 1 atom stereocenters. The van der Waals surface area contributed by atoms with Crippen LogP contribution in [0, 0.1) is 0 Å². The van der Waals surface area contributed by atoms with Gasteiger partial charge in [-0.15, -0.1) is 0 Å². The summed E-state index contributed by atoms with van der Waals surface area (Å²) >= 11 is 3.15. The van der Waals surface area contributed by atoms with Crippen LogP contribution in [0.3, 0.4) is 0 Å². The summed E-state index contributed by atoms with van der Waals surface area (Å²) in [5, 5.41) is 0. The number of hydrogen-bond donors (Lipinski definition) is 1. The predicted molar refractivity (Wildman–Crippen MR) is 47.1 cm³/mol. The summed E-state index contributed by atoms with van der Waals surface area (Å²) in [6, 6.07) is 5.51. The van der Waals surface area contributed by atoms with Gasteiger partial charge in [-0.05, 0) is 11.6 Å². The van der Waals surface area contributed by atoms with E-state index in [4.69, 9.17) is 5.73 Å². The highest BCUT2D eigenvalue weighted by atomic mass is 79.9. The first kappa shape index (κ1) is 9.61. The summed E-state index contributed by atoms with van der Waals surface area (Å²) in [5.74, 6) is 0. The van der Waals surface area contributed by atoms with Crippen LogP contribution in [0.25, 0.3) is 0 Å². The molecule has 2 N–H and O–H groups in total. The van der Waals surface area contributed by atoms with Gasteiger partial charge in [-0.2, -0.15) is 0 Å². The van der Waals surface area contributed by atoms with Crippen molar-refractivity contribution in [2.24, 2.45) is 5.73 Å². The van der Waals surface area contributed by atoms with Gasteiger partial charge < -0.3 is 5.73 Å². The smallest absolute Gasteiger partial charge is 0.257 e. The first-order valence-electron chi connectivity index (χ1n) is 3.41. The van der Waals surface area contributed by atoms with Crippen molar-refractivity contribution in [2.75, 3.05) is 0 Å². The van der Waals surface area contributed by atoms with Gasteiger partial charge in [0.25, 0.3) is 6.43 Å². The molecular formula is C8H8BrF2N. The Kier molecular flexibility index (Phi) is 3.17. The molecule has 1 aromatic carbocycles. The van der Waals surface area contributed by atoms with E-state index < -0.39 is 12.5 Å². The molecule has 0 aliphatic rings. The summed E-state index contributed by atoms with van der Waals surface area (Å²) in [5.41, 5.74) is 5.70. The summed E-state index contributed by atoms with van der Waals surface area (Å²) in [4.78, 5) is 0. The number of rotatable bonds is 2. The van der Waals surface area contributed by atoms with Crippen LogP contribution in [0.2, 0.25) is 0 Å². The Morgan fingerprint density at radius 1 is 1.25 bits per heavy atom. The molecular weight excluding hydrogens is 228 g/mol. The molecule has 0 bridgehead atoms. The third-order valence-electron chi connectivity index (χ3n) is 1.54. The minimum atomic E-state index is -2.52. The normalized spacial score (nSPS) is 13.4. The molecule has 0 fully saturated rings. The summed E-state index contributed by atoms with van der Waals surface area (Å²) in [6.45, 7) is 0. The van der Waals surface area contributed by atoms with E-state index in [0.29, 0.717) is 10.0 Å². The van der Waals surface area contributed by atoms with Crippen molar-refractivity contribution >= 4 is 15.9 Å². The fourth-order valence-corrected chi connectivity index (χ4v) is 1.43. The molecule has 0 saturated carbocycles. The Hall–Kier alpha value is -0.480. The minimum absolute atomic E-state index is 0.438. The topological polar surface area (TPSA) is 26.0 Å². The van der Waals surface area contributed by atoms with Crippen molar-refractivity contribution < 1.29 is 8.78 Å². The highest BCUT2D eigenvalue weighted by molar-refractivity contribution is 9.10. The van der Waals surface area contributed by atoms with E-state index in [0.717, 1.165) is 0 Å². The number of nitrogens with two attached hydrogens (primary N) is 1. The second-order valence-electron chi connectivity index (χ2n) is 2.38. The van der Waals surface area contributed by atoms with Gasteiger partial charge >= 0.3 is 0 Å². The standard InChI is InChI=1S/C8H8BrF2N/c9-6-4-2-1-3-5(6)7(12)8(10)11/h1-4,7-8H,12H2/t7-/m1/s1. The van der Waals surface area contributed by atoms with Crippen LogP contribution < -0.4 is 5.73 Å². The van der Waals surface area contributed by atoms with E-state index in [-0.39, 0.29) is 0 Å². The second-order valence-corrected chi connectivity index (χ2v) is 3.24. The Morgan fingerprint density at radius 2 is 1.83 bits per heavy atom. The lowest BCUT2D eigenvalue weighted by Gasteiger charge is -2.11. The molecule has 0 aromatic heterocycles. The third-order valence-corrected chi connectivity index (χ3v) is 2.26. The Balaban J connectivity index is 2.94. The van der Waals surface area contributed by atoms with Gasteiger partial charge in [-0.3, -0.25) is 0 Å². The van der Waals surface area contributed by atoms with E-state index in [2.05, 4.69) is 15.9 Å². The molecule has 0 aliphatic carbocycles. The Bertz CT molecular complexity index is 265. The molecule has 0 aliphatic heterocycles. The van der Waals surface area contributed by atoms with Gasteiger partial charge in [0, 0.05) is 4.47 Å². The van der Waals surface area contributed by atoms with Crippen molar-refractivity contribution in [2.45, 2.75) is 12.5 Å². The number of benzene rings is 1. The van der Waals surface area contributed by atoms with Gasteiger partial charge in [0.05, 0.1) is 6.04 Å². The number of hydrogen-bond acceptors (Lipinski definition) is 1. The molecule has 0 spiro atoms. The SMILES string of the molecule is N[C@H](c1ccccc1Br)C(F)F.